The summed E-state index contributed by atoms with van der Waals surface area (Å²) in [6.45, 7) is 2.88. The number of nitrogens with zero attached hydrogens (tertiary/aromatic N) is 1. The van der Waals surface area contributed by atoms with E-state index < -0.39 is 0 Å². The Kier molecular flexibility index (Phi) is 4.06. The average molecular weight is 234 g/mol. The fourth-order valence-electron chi connectivity index (χ4n) is 3.24. The second kappa shape index (κ2) is 5.55. The molecule has 0 aromatic heterocycles. The normalized spacial score (nSPS) is 30.9. The van der Waals surface area contributed by atoms with Crippen molar-refractivity contribution in [3.63, 3.8) is 0 Å². The van der Waals surface area contributed by atoms with Gasteiger partial charge in [0.2, 0.25) is 5.91 Å². The topological polar surface area (TPSA) is 32.3 Å². The minimum absolute atomic E-state index is 0.233. The van der Waals surface area contributed by atoms with Crippen LogP contribution in [0.2, 0.25) is 0 Å². The summed E-state index contributed by atoms with van der Waals surface area (Å²) in [5.74, 6) is 2.78. The Morgan fingerprint density at radius 1 is 1.41 bits per heavy atom. The Balaban J connectivity index is 1.94. The maximum absolute atomic E-state index is 12.1. The summed E-state index contributed by atoms with van der Waals surface area (Å²) in [4.78, 5) is 14.1. The van der Waals surface area contributed by atoms with Crippen LogP contribution in [0.5, 0.6) is 0 Å². The van der Waals surface area contributed by atoms with E-state index in [-0.39, 0.29) is 5.91 Å². The molecule has 0 aromatic rings. The van der Waals surface area contributed by atoms with Crippen molar-refractivity contribution in [2.24, 2.45) is 0 Å². The zero-order valence-electron chi connectivity index (χ0n) is 10.6. The number of piperidine rings is 1. The van der Waals surface area contributed by atoms with Crippen LogP contribution in [0.15, 0.2) is 0 Å². The number of carbonyl (C=O) groups is 1. The maximum atomic E-state index is 12.1. The molecule has 2 unspecified atom stereocenters. The zero-order chi connectivity index (χ0) is 12.3. The van der Waals surface area contributed by atoms with Crippen LogP contribution in [-0.4, -0.2) is 35.5 Å². The number of rotatable bonds is 4. The van der Waals surface area contributed by atoms with Crippen LogP contribution in [0.3, 0.4) is 0 Å². The summed E-state index contributed by atoms with van der Waals surface area (Å²) in [5.41, 5.74) is 0. The van der Waals surface area contributed by atoms with Crippen LogP contribution < -0.4 is 5.32 Å². The van der Waals surface area contributed by atoms with E-state index in [1.165, 1.54) is 12.8 Å². The smallest absolute Gasteiger partial charge is 0.223 e. The Bertz CT molecular complexity index is 309. The van der Waals surface area contributed by atoms with Gasteiger partial charge in [-0.2, -0.15) is 0 Å². The first-order valence-electron chi connectivity index (χ1n) is 6.73. The van der Waals surface area contributed by atoms with E-state index in [0.717, 1.165) is 19.4 Å². The van der Waals surface area contributed by atoms with Gasteiger partial charge in [-0.25, -0.2) is 0 Å². The van der Waals surface area contributed by atoms with Gasteiger partial charge >= 0.3 is 0 Å². The molecule has 3 nitrogen and oxygen atoms in total. The van der Waals surface area contributed by atoms with Crippen LogP contribution in [0.25, 0.3) is 0 Å². The van der Waals surface area contributed by atoms with Gasteiger partial charge in [-0.1, -0.05) is 0 Å². The van der Waals surface area contributed by atoms with E-state index in [1.807, 2.05) is 4.90 Å². The molecule has 2 atom stereocenters. The van der Waals surface area contributed by atoms with Gasteiger partial charge in [0.25, 0.3) is 0 Å². The third kappa shape index (κ3) is 2.81. The number of hydrogen-bond donors (Lipinski definition) is 1. The molecule has 2 fully saturated rings. The number of hydrogen-bond acceptors (Lipinski definition) is 2. The summed E-state index contributed by atoms with van der Waals surface area (Å²) in [7, 11) is 0. The van der Waals surface area contributed by atoms with Crippen LogP contribution in [0.4, 0.5) is 0 Å². The monoisotopic (exact) mass is 234 g/mol. The van der Waals surface area contributed by atoms with Crippen molar-refractivity contribution in [3.05, 3.63) is 0 Å². The lowest BCUT2D eigenvalue weighted by Gasteiger charge is -2.37. The quantitative estimate of drug-likeness (QED) is 0.748. The fraction of sp³-hybridized carbons (Fsp3) is 0.786. The highest BCUT2D eigenvalue weighted by Gasteiger charge is 2.36. The molecule has 2 saturated heterocycles. The van der Waals surface area contributed by atoms with E-state index in [1.54, 1.807) is 0 Å². The van der Waals surface area contributed by atoms with E-state index in [0.29, 0.717) is 31.0 Å². The molecule has 0 saturated carbocycles. The molecule has 2 rings (SSSR count). The highest BCUT2D eigenvalue weighted by Crippen LogP contribution is 2.30. The molecule has 1 N–H and O–H groups in total. The standard InChI is InChI=1S/C14H22N2O/c1-3-5-6-14(17)16(4-2)13-9-11-7-8-12(10-13)15-11/h1,11-13,15H,4-10H2,2H3. The van der Waals surface area contributed by atoms with E-state index in [2.05, 4.69) is 18.2 Å². The Morgan fingerprint density at radius 3 is 2.59 bits per heavy atom. The van der Waals surface area contributed by atoms with Gasteiger partial charge in [0, 0.05) is 37.5 Å². The second-order valence-electron chi connectivity index (χ2n) is 5.15. The molecule has 0 aromatic carbocycles. The van der Waals surface area contributed by atoms with Gasteiger partial charge in [-0.05, 0) is 32.6 Å². The second-order valence-corrected chi connectivity index (χ2v) is 5.15. The SMILES string of the molecule is C#CCCC(=O)N(CC)C1CC2CCC(C1)N2. The minimum atomic E-state index is 0.233. The predicted octanol–water partition coefficient (Wildman–Crippen LogP) is 1.53. The molecule has 0 aliphatic carbocycles. The number of fused-ring (bicyclic) bond motifs is 2. The zero-order valence-corrected chi connectivity index (χ0v) is 10.6. The average Bonchev–Trinajstić information content (AvgIpc) is 2.67. The van der Waals surface area contributed by atoms with Crippen LogP contribution in [-0.2, 0) is 4.79 Å². The number of amides is 1. The largest absolute Gasteiger partial charge is 0.340 e. The predicted molar refractivity (Wildman–Crippen MR) is 68.4 cm³/mol. The lowest BCUT2D eigenvalue weighted by molar-refractivity contribution is -0.134. The van der Waals surface area contributed by atoms with Crippen LogP contribution >= 0.6 is 0 Å². The van der Waals surface area contributed by atoms with Gasteiger partial charge in [0.15, 0.2) is 0 Å². The lowest BCUT2D eigenvalue weighted by atomic mass is 9.97. The van der Waals surface area contributed by atoms with Crippen LogP contribution in [0, 0.1) is 12.3 Å². The molecule has 2 aliphatic heterocycles. The molecule has 17 heavy (non-hydrogen) atoms. The Labute approximate surface area is 104 Å². The van der Waals surface area contributed by atoms with Gasteiger partial charge in [-0.15, -0.1) is 12.3 Å². The molecule has 0 radical (unpaired) electrons. The van der Waals surface area contributed by atoms with E-state index >= 15 is 0 Å². The summed E-state index contributed by atoms with van der Waals surface area (Å²) in [5, 5.41) is 3.61. The van der Waals surface area contributed by atoms with Crippen molar-refractivity contribution in [1.29, 1.82) is 0 Å². The van der Waals surface area contributed by atoms with Crippen molar-refractivity contribution in [1.82, 2.24) is 10.2 Å². The maximum Gasteiger partial charge on any atom is 0.223 e. The van der Waals surface area contributed by atoms with Crippen molar-refractivity contribution in [2.45, 2.75) is 63.6 Å². The fourth-order valence-corrected chi connectivity index (χ4v) is 3.24. The molecular weight excluding hydrogens is 212 g/mol. The van der Waals surface area contributed by atoms with E-state index in [9.17, 15) is 4.79 Å². The Hall–Kier alpha value is -1.01. The molecule has 0 spiro atoms. The summed E-state index contributed by atoms with van der Waals surface area (Å²) in [6, 6.07) is 1.70. The third-order valence-corrected chi connectivity index (χ3v) is 4.03. The van der Waals surface area contributed by atoms with Crippen molar-refractivity contribution >= 4 is 5.91 Å². The highest BCUT2D eigenvalue weighted by atomic mass is 16.2. The third-order valence-electron chi connectivity index (χ3n) is 4.03. The van der Waals surface area contributed by atoms with Gasteiger partial charge in [0.05, 0.1) is 0 Å². The lowest BCUT2D eigenvalue weighted by Crippen LogP contribution is -2.50. The van der Waals surface area contributed by atoms with Gasteiger partial charge in [0.1, 0.15) is 0 Å². The molecule has 3 heteroatoms. The van der Waals surface area contributed by atoms with Gasteiger partial charge < -0.3 is 10.2 Å². The van der Waals surface area contributed by atoms with Crippen molar-refractivity contribution < 1.29 is 4.79 Å². The van der Waals surface area contributed by atoms with Crippen molar-refractivity contribution in [2.75, 3.05) is 6.54 Å². The summed E-state index contributed by atoms with van der Waals surface area (Å²) in [6.07, 6.45) is 11.1. The first-order valence-corrected chi connectivity index (χ1v) is 6.73. The van der Waals surface area contributed by atoms with E-state index in [4.69, 9.17) is 6.42 Å². The van der Waals surface area contributed by atoms with Gasteiger partial charge in [-0.3, -0.25) is 4.79 Å². The molecular formula is C14H22N2O. The number of nitrogens with one attached hydrogen (secondary N) is 1. The number of terminal acetylenes is 1. The van der Waals surface area contributed by atoms with Crippen molar-refractivity contribution in [3.8, 4) is 12.3 Å². The summed E-state index contributed by atoms with van der Waals surface area (Å²) >= 11 is 0. The summed E-state index contributed by atoms with van der Waals surface area (Å²) < 4.78 is 0. The molecule has 94 valence electrons. The molecule has 1 amide bonds. The number of carbonyl (C=O) groups excluding carboxylic acids is 1. The minimum Gasteiger partial charge on any atom is -0.340 e. The highest BCUT2D eigenvalue weighted by molar-refractivity contribution is 5.76. The molecule has 2 heterocycles. The van der Waals surface area contributed by atoms with Crippen LogP contribution in [0.1, 0.15) is 45.4 Å². The Morgan fingerprint density at radius 2 is 2.06 bits per heavy atom. The molecule has 2 aliphatic rings. The molecule has 2 bridgehead atoms. The first-order chi connectivity index (χ1) is 8.24. The first kappa shape index (κ1) is 12.4.